The van der Waals surface area contributed by atoms with Crippen LogP contribution in [-0.2, 0) is 27.3 Å². The summed E-state index contributed by atoms with van der Waals surface area (Å²) in [6.07, 6.45) is -0.0109. The third kappa shape index (κ3) is 4.48. The topological polar surface area (TPSA) is 55.8 Å². The molecule has 1 amide bonds. The fourth-order valence-corrected chi connectivity index (χ4v) is 3.24. The largest absolute Gasteiger partial charge is 0.482 e. The zero-order chi connectivity index (χ0) is 19.4. The monoisotopic (exact) mass is 367 g/mol. The minimum Gasteiger partial charge on any atom is -0.482 e. The van der Waals surface area contributed by atoms with Crippen LogP contribution in [0.25, 0.3) is 0 Å². The molecule has 0 aromatic heterocycles. The minimum absolute atomic E-state index is 0.176. The van der Waals surface area contributed by atoms with Gasteiger partial charge in [-0.2, -0.15) is 0 Å². The second-order valence-corrected chi connectivity index (χ2v) is 6.90. The smallest absolute Gasteiger partial charge is 0.344 e. The fourth-order valence-electron chi connectivity index (χ4n) is 3.24. The van der Waals surface area contributed by atoms with Crippen LogP contribution in [0.15, 0.2) is 42.5 Å². The van der Waals surface area contributed by atoms with E-state index < -0.39 is 12.1 Å². The number of carbonyl (C=O) groups is 2. The Morgan fingerprint density at radius 3 is 2.59 bits per heavy atom. The van der Waals surface area contributed by atoms with Crippen molar-refractivity contribution >= 4 is 11.9 Å². The summed E-state index contributed by atoms with van der Waals surface area (Å²) in [7, 11) is 0. The lowest BCUT2D eigenvalue weighted by Gasteiger charge is -2.30. The summed E-state index contributed by atoms with van der Waals surface area (Å²) in [5.74, 6) is -0.0719. The van der Waals surface area contributed by atoms with Gasteiger partial charge in [-0.3, -0.25) is 4.79 Å². The van der Waals surface area contributed by atoms with Crippen molar-refractivity contribution in [1.82, 2.24) is 4.90 Å². The van der Waals surface area contributed by atoms with Gasteiger partial charge in [-0.05, 0) is 55.5 Å². The summed E-state index contributed by atoms with van der Waals surface area (Å²) in [6.45, 7) is 6.50. The zero-order valence-corrected chi connectivity index (χ0v) is 16.0. The van der Waals surface area contributed by atoms with Crippen LogP contribution in [0.5, 0.6) is 5.75 Å². The molecule has 0 unspecified atom stereocenters. The van der Waals surface area contributed by atoms with Crippen molar-refractivity contribution in [3.8, 4) is 5.75 Å². The van der Waals surface area contributed by atoms with E-state index >= 15 is 0 Å². The van der Waals surface area contributed by atoms with E-state index in [-0.39, 0.29) is 12.5 Å². The van der Waals surface area contributed by atoms with Gasteiger partial charge in [0, 0.05) is 13.1 Å². The molecule has 0 saturated heterocycles. The Bertz CT molecular complexity index is 846. The highest BCUT2D eigenvalue weighted by Crippen LogP contribution is 2.21. The second-order valence-electron chi connectivity index (χ2n) is 6.90. The van der Waals surface area contributed by atoms with Crippen molar-refractivity contribution in [1.29, 1.82) is 0 Å². The Morgan fingerprint density at radius 1 is 1.07 bits per heavy atom. The first-order valence-corrected chi connectivity index (χ1v) is 9.19. The predicted octanol–water partition coefficient (Wildman–Crippen LogP) is 3.20. The molecule has 0 radical (unpaired) electrons. The molecule has 0 N–H and O–H groups in total. The summed E-state index contributed by atoms with van der Waals surface area (Å²) in [5, 5.41) is 0. The lowest BCUT2D eigenvalue weighted by molar-refractivity contribution is -0.161. The highest BCUT2D eigenvalue weighted by Gasteiger charge is 2.27. The molecule has 0 fully saturated rings. The number of hydrogen-bond donors (Lipinski definition) is 0. The summed E-state index contributed by atoms with van der Waals surface area (Å²) in [5.41, 5.74) is 4.50. The molecule has 0 spiro atoms. The first-order chi connectivity index (χ1) is 13.0. The van der Waals surface area contributed by atoms with Crippen molar-refractivity contribution in [2.75, 3.05) is 13.2 Å². The van der Waals surface area contributed by atoms with Gasteiger partial charge in [-0.15, -0.1) is 0 Å². The number of benzene rings is 2. The molecule has 5 nitrogen and oxygen atoms in total. The van der Waals surface area contributed by atoms with Gasteiger partial charge in [0.1, 0.15) is 5.75 Å². The molecule has 2 aromatic carbocycles. The summed E-state index contributed by atoms with van der Waals surface area (Å²) in [6, 6.07) is 13.8. The van der Waals surface area contributed by atoms with Crippen molar-refractivity contribution in [3.05, 3.63) is 64.7 Å². The fraction of sp³-hybridized carbons (Fsp3) is 0.364. The Morgan fingerprint density at radius 2 is 1.81 bits per heavy atom. The lowest BCUT2D eigenvalue weighted by atomic mass is 9.99. The van der Waals surface area contributed by atoms with Crippen molar-refractivity contribution in [3.63, 3.8) is 0 Å². The minimum atomic E-state index is -0.829. The predicted molar refractivity (Wildman–Crippen MR) is 103 cm³/mol. The maximum absolute atomic E-state index is 12.6. The maximum Gasteiger partial charge on any atom is 0.344 e. The zero-order valence-electron chi connectivity index (χ0n) is 16.0. The molecule has 1 atom stereocenters. The molecule has 1 heterocycles. The van der Waals surface area contributed by atoms with Gasteiger partial charge in [0.15, 0.2) is 12.7 Å². The van der Waals surface area contributed by atoms with Crippen molar-refractivity contribution in [2.24, 2.45) is 0 Å². The SMILES string of the molecule is Cc1cccc(OCC(=O)O[C@H](C)C(=O)N2CCc3ccccc3C2)c1C. The number of amides is 1. The molecular weight excluding hydrogens is 342 g/mol. The third-order valence-electron chi connectivity index (χ3n) is 5.00. The van der Waals surface area contributed by atoms with Gasteiger partial charge in [0.05, 0.1) is 0 Å². The molecule has 0 aliphatic carbocycles. The standard InChI is InChI=1S/C22H25NO4/c1-15-7-6-10-20(16(15)2)26-14-21(24)27-17(3)22(25)23-12-11-18-8-4-5-9-19(18)13-23/h4-10,17H,11-14H2,1-3H3/t17-/m1/s1. The third-order valence-corrected chi connectivity index (χ3v) is 5.00. The average Bonchev–Trinajstić information content (AvgIpc) is 2.68. The Kier molecular flexibility index (Phi) is 5.79. The van der Waals surface area contributed by atoms with Gasteiger partial charge in [-0.1, -0.05) is 36.4 Å². The molecule has 3 rings (SSSR count). The number of esters is 1. The van der Waals surface area contributed by atoms with Gasteiger partial charge in [0.2, 0.25) is 0 Å². The Labute approximate surface area is 159 Å². The number of ether oxygens (including phenoxy) is 2. The van der Waals surface area contributed by atoms with E-state index in [0.29, 0.717) is 18.8 Å². The number of hydrogen-bond acceptors (Lipinski definition) is 4. The molecule has 5 heteroatoms. The molecule has 2 aromatic rings. The van der Waals surface area contributed by atoms with E-state index in [4.69, 9.17) is 9.47 Å². The number of fused-ring (bicyclic) bond motifs is 1. The van der Waals surface area contributed by atoms with Gasteiger partial charge < -0.3 is 14.4 Å². The summed E-state index contributed by atoms with van der Waals surface area (Å²) >= 11 is 0. The molecule has 27 heavy (non-hydrogen) atoms. The van der Waals surface area contributed by atoms with Crippen LogP contribution in [0.2, 0.25) is 0 Å². The molecule has 0 bridgehead atoms. The van der Waals surface area contributed by atoms with Gasteiger partial charge in [0.25, 0.3) is 5.91 Å². The Hall–Kier alpha value is -2.82. The number of rotatable bonds is 5. The van der Waals surface area contributed by atoms with Crippen molar-refractivity contribution in [2.45, 2.75) is 39.8 Å². The van der Waals surface area contributed by atoms with Crippen molar-refractivity contribution < 1.29 is 19.1 Å². The average molecular weight is 367 g/mol. The number of nitrogens with zero attached hydrogens (tertiary/aromatic N) is 1. The van der Waals surface area contributed by atoms with E-state index in [9.17, 15) is 9.59 Å². The van der Waals surface area contributed by atoms with Gasteiger partial charge >= 0.3 is 5.97 Å². The number of carbonyl (C=O) groups excluding carboxylic acids is 2. The van der Waals surface area contributed by atoms with Crippen LogP contribution in [-0.4, -0.2) is 36.0 Å². The summed E-state index contributed by atoms with van der Waals surface area (Å²) < 4.78 is 10.8. The van der Waals surface area contributed by atoms with E-state index in [1.807, 2.05) is 50.2 Å². The molecular formula is C22H25NO4. The molecule has 1 aliphatic heterocycles. The van der Waals surface area contributed by atoms with Crippen LogP contribution in [0.1, 0.15) is 29.2 Å². The normalized spacial score (nSPS) is 14.3. The quantitative estimate of drug-likeness (QED) is 0.762. The van der Waals surface area contributed by atoms with E-state index in [1.54, 1.807) is 11.8 Å². The summed E-state index contributed by atoms with van der Waals surface area (Å²) in [4.78, 5) is 26.5. The lowest BCUT2D eigenvalue weighted by Crippen LogP contribution is -2.43. The molecule has 0 saturated carbocycles. The van der Waals surface area contributed by atoms with E-state index in [1.165, 1.54) is 5.56 Å². The van der Waals surface area contributed by atoms with E-state index in [2.05, 4.69) is 6.07 Å². The number of aryl methyl sites for hydroxylation is 1. The molecule has 1 aliphatic rings. The van der Waals surface area contributed by atoms with Crippen LogP contribution in [0.3, 0.4) is 0 Å². The van der Waals surface area contributed by atoms with Crippen LogP contribution >= 0.6 is 0 Å². The first kappa shape index (κ1) is 19.0. The van der Waals surface area contributed by atoms with Crippen LogP contribution in [0, 0.1) is 13.8 Å². The Balaban J connectivity index is 1.52. The van der Waals surface area contributed by atoms with Crippen LogP contribution in [0.4, 0.5) is 0 Å². The highest BCUT2D eigenvalue weighted by atomic mass is 16.6. The first-order valence-electron chi connectivity index (χ1n) is 9.19. The van der Waals surface area contributed by atoms with Gasteiger partial charge in [-0.25, -0.2) is 4.79 Å². The second kappa shape index (κ2) is 8.25. The maximum atomic E-state index is 12.6. The molecule has 142 valence electrons. The highest BCUT2D eigenvalue weighted by molar-refractivity contribution is 5.84. The van der Waals surface area contributed by atoms with E-state index in [0.717, 1.165) is 23.1 Å². The van der Waals surface area contributed by atoms with Crippen LogP contribution < -0.4 is 4.74 Å².